The van der Waals surface area contributed by atoms with Crippen LogP contribution >= 0.6 is 0 Å². The molecule has 0 aromatic heterocycles. The molecule has 3 heteroatoms. The molecule has 0 radical (unpaired) electrons. The summed E-state index contributed by atoms with van der Waals surface area (Å²) in [6.45, 7) is 2.77. The Morgan fingerprint density at radius 3 is 2.44 bits per heavy atom. The second-order valence-electron chi connectivity index (χ2n) is 5.07. The molecule has 0 unspecified atom stereocenters. The molecule has 18 heavy (non-hydrogen) atoms. The van der Waals surface area contributed by atoms with Crippen molar-refractivity contribution >= 4 is 5.78 Å². The quantitative estimate of drug-likeness (QED) is 0.814. The Morgan fingerprint density at radius 2 is 1.89 bits per heavy atom. The molecule has 1 fully saturated rings. The van der Waals surface area contributed by atoms with Crippen LogP contribution in [0.4, 0.5) is 0 Å². The SMILES string of the molecule is CCCOc1ccc(C(=O)C2(N)CCCC2)cc1. The fraction of sp³-hybridized carbons (Fsp3) is 0.533. The summed E-state index contributed by atoms with van der Waals surface area (Å²) in [4.78, 5) is 12.3. The van der Waals surface area contributed by atoms with Gasteiger partial charge in [0.2, 0.25) is 0 Å². The summed E-state index contributed by atoms with van der Waals surface area (Å²) in [6, 6.07) is 7.34. The minimum absolute atomic E-state index is 0.0713. The maximum atomic E-state index is 12.3. The number of rotatable bonds is 5. The Kier molecular flexibility index (Phi) is 4.02. The summed E-state index contributed by atoms with van der Waals surface area (Å²) in [5.41, 5.74) is 6.24. The Bertz CT molecular complexity index is 405. The van der Waals surface area contributed by atoms with Crippen molar-refractivity contribution in [3.8, 4) is 5.75 Å². The van der Waals surface area contributed by atoms with E-state index in [1.165, 1.54) is 0 Å². The second kappa shape index (κ2) is 5.53. The van der Waals surface area contributed by atoms with Gasteiger partial charge in [0, 0.05) is 5.56 Å². The lowest BCUT2D eigenvalue weighted by Gasteiger charge is -2.21. The highest BCUT2D eigenvalue weighted by atomic mass is 16.5. The van der Waals surface area contributed by atoms with Crippen LogP contribution in [0.25, 0.3) is 0 Å². The van der Waals surface area contributed by atoms with E-state index in [0.717, 1.165) is 37.9 Å². The van der Waals surface area contributed by atoms with Crippen LogP contribution in [0, 0.1) is 0 Å². The van der Waals surface area contributed by atoms with Crippen LogP contribution in [0.3, 0.4) is 0 Å². The predicted molar refractivity (Wildman–Crippen MR) is 71.9 cm³/mol. The third kappa shape index (κ3) is 2.72. The first kappa shape index (κ1) is 13.1. The van der Waals surface area contributed by atoms with Gasteiger partial charge in [-0.3, -0.25) is 4.79 Å². The van der Waals surface area contributed by atoms with Crippen molar-refractivity contribution in [3.63, 3.8) is 0 Å². The predicted octanol–water partition coefficient (Wildman–Crippen LogP) is 2.93. The highest BCUT2D eigenvalue weighted by Crippen LogP contribution is 2.30. The minimum Gasteiger partial charge on any atom is -0.494 e. The van der Waals surface area contributed by atoms with E-state index in [9.17, 15) is 4.79 Å². The van der Waals surface area contributed by atoms with Gasteiger partial charge in [0.15, 0.2) is 5.78 Å². The summed E-state index contributed by atoms with van der Waals surface area (Å²) >= 11 is 0. The van der Waals surface area contributed by atoms with Gasteiger partial charge >= 0.3 is 0 Å². The molecule has 2 N–H and O–H groups in total. The van der Waals surface area contributed by atoms with Crippen molar-refractivity contribution in [2.45, 2.75) is 44.6 Å². The molecule has 1 saturated carbocycles. The van der Waals surface area contributed by atoms with Crippen LogP contribution in [0.1, 0.15) is 49.4 Å². The van der Waals surface area contributed by atoms with E-state index in [-0.39, 0.29) is 5.78 Å². The average molecular weight is 247 g/mol. The number of carbonyl (C=O) groups excluding carboxylic acids is 1. The van der Waals surface area contributed by atoms with Crippen LogP contribution in [-0.2, 0) is 0 Å². The molecule has 0 saturated heterocycles. The van der Waals surface area contributed by atoms with Gasteiger partial charge in [0.25, 0.3) is 0 Å². The number of benzene rings is 1. The summed E-state index contributed by atoms with van der Waals surface area (Å²) < 4.78 is 5.50. The molecule has 2 rings (SSSR count). The van der Waals surface area contributed by atoms with E-state index >= 15 is 0 Å². The van der Waals surface area contributed by atoms with E-state index in [2.05, 4.69) is 6.92 Å². The van der Waals surface area contributed by atoms with Crippen molar-refractivity contribution < 1.29 is 9.53 Å². The smallest absolute Gasteiger partial charge is 0.182 e. The molecule has 1 aromatic rings. The molecule has 3 nitrogen and oxygen atoms in total. The van der Waals surface area contributed by atoms with Crippen LogP contribution in [0.15, 0.2) is 24.3 Å². The number of carbonyl (C=O) groups is 1. The lowest BCUT2D eigenvalue weighted by Crippen LogP contribution is -2.45. The van der Waals surface area contributed by atoms with Gasteiger partial charge in [0.05, 0.1) is 12.1 Å². The lowest BCUT2D eigenvalue weighted by molar-refractivity contribution is 0.0892. The number of hydrogen-bond donors (Lipinski definition) is 1. The first-order chi connectivity index (χ1) is 8.65. The minimum atomic E-state index is -0.633. The Hall–Kier alpha value is -1.35. The van der Waals surface area contributed by atoms with Crippen molar-refractivity contribution in [1.29, 1.82) is 0 Å². The van der Waals surface area contributed by atoms with E-state index in [1.807, 2.05) is 24.3 Å². The molecule has 0 aliphatic heterocycles. The van der Waals surface area contributed by atoms with Crippen LogP contribution in [0.5, 0.6) is 5.75 Å². The van der Waals surface area contributed by atoms with E-state index < -0.39 is 5.54 Å². The van der Waals surface area contributed by atoms with Crippen molar-refractivity contribution in [1.82, 2.24) is 0 Å². The van der Waals surface area contributed by atoms with E-state index in [0.29, 0.717) is 12.2 Å². The van der Waals surface area contributed by atoms with Gasteiger partial charge in [0.1, 0.15) is 5.75 Å². The van der Waals surface area contributed by atoms with Crippen LogP contribution in [0.2, 0.25) is 0 Å². The number of ketones is 1. The molecular weight excluding hydrogens is 226 g/mol. The van der Waals surface area contributed by atoms with E-state index in [4.69, 9.17) is 10.5 Å². The van der Waals surface area contributed by atoms with Gasteiger partial charge < -0.3 is 10.5 Å². The average Bonchev–Trinajstić information content (AvgIpc) is 2.84. The summed E-state index contributed by atoms with van der Waals surface area (Å²) in [7, 11) is 0. The molecule has 0 bridgehead atoms. The van der Waals surface area contributed by atoms with E-state index in [1.54, 1.807) is 0 Å². The van der Waals surface area contributed by atoms with Gasteiger partial charge in [-0.25, -0.2) is 0 Å². The third-order valence-corrected chi connectivity index (χ3v) is 3.54. The number of ether oxygens (including phenoxy) is 1. The molecular formula is C15H21NO2. The van der Waals surface area contributed by atoms with Gasteiger partial charge in [-0.2, -0.15) is 0 Å². The molecule has 98 valence electrons. The Balaban J connectivity index is 2.07. The lowest BCUT2D eigenvalue weighted by atomic mass is 9.89. The second-order valence-corrected chi connectivity index (χ2v) is 5.07. The molecule has 1 aliphatic carbocycles. The summed E-state index contributed by atoms with van der Waals surface area (Å²) in [6.07, 6.45) is 4.70. The van der Waals surface area contributed by atoms with Crippen molar-refractivity contribution in [3.05, 3.63) is 29.8 Å². The molecule has 1 aliphatic rings. The van der Waals surface area contributed by atoms with Crippen LogP contribution in [-0.4, -0.2) is 17.9 Å². The zero-order valence-corrected chi connectivity index (χ0v) is 10.9. The first-order valence-electron chi connectivity index (χ1n) is 6.72. The van der Waals surface area contributed by atoms with Gasteiger partial charge in [-0.15, -0.1) is 0 Å². The molecule has 0 spiro atoms. The third-order valence-electron chi connectivity index (χ3n) is 3.54. The van der Waals surface area contributed by atoms with Crippen molar-refractivity contribution in [2.24, 2.45) is 5.73 Å². The molecule has 1 aromatic carbocycles. The highest BCUT2D eigenvalue weighted by Gasteiger charge is 2.37. The fourth-order valence-electron chi connectivity index (χ4n) is 2.44. The first-order valence-corrected chi connectivity index (χ1v) is 6.72. The zero-order chi connectivity index (χ0) is 13.0. The monoisotopic (exact) mass is 247 g/mol. The molecule has 0 atom stereocenters. The number of nitrogens with two attached hydrogens (primary N) is 1. The molecule has 0 amide bonds. The Labute approximate surface area is 108 Å². The number of Topliss-reactive ketones (excluding diaryl/α,β-unsaturated/α-hetero) is 1. The van der Waals surface area contributed by atoms with Crippen molar-refractivity contribution in [2.75, 3.05) is 6.61 Å². The zero-order valence-electron chi connectivity index (χ0n) is 10.9. The van der Waals surface area contributed by atoms with Gasteiger partial charge in [-0.05, 0) is 43.5 Å². The van der Waals surface area contributed by atoms with Crippen LogP contribution < -0.4 is 10.5 Å². The normalized spacial score (nSPS) is 17.7. The topological polar surface area (TPSA) is 52.3 Å². The Morgan fingerprint density at radius 1 is 1.28 bits per heavy atom. The van der Waals surface area contributed by atoms with Gasteiger partial charge in [-0.1, -0.05) is 19.8 Å². The largest absolute Gasteiger partial charge is 0.494 e. The standard InChI is InChI=1S/C15H21NO2/c1-2-11-18-13-7-5-12(6-8-13)14(17)15(16)9-3-4-10-15/h5-8H,2-4,9-11,16H2,1H3. The fourth-order valence-corrected chi connectivity index (χ4v) is 2.44. The number of hydrogen-bond acceptors (Lipinski definition) is 3. The highest BCUT2D eigenvalue weighted by molar-refractivity contribution is 6.03. The maximum absolute atomic E-state index is 12.3. The maximum Gasteiger partial charge on any atom is 0.182 e. The summed E-state index contributed by atoms with van der Waals surface area (Å²) in [5.74, 6) is 0.882. The summed E-state index contributed by atoms with van der Waals surface area (Å²) in [5, 5.41) is 0. The molecule has 0 heterocycles.